The number of aromatic nitrogens is 1. The van der Waals surface area contributed by atoms with E-state index in [1.54, 1.807) is 11.1 Å². The van der Waals surface area contributed by atoms with Crippen LogP contribution in [-0.2, 0) is 10.3 Å². The molecule has 2 heterocycles. The number of anilines is 1. The summed E-state index contributed by atoms with van der Waals surface area (Å²) < 4.78 is 0. The van der Waals surface area contributed by atoms with Crippen LogP contribution in [0.25, 0.3) is 0 Å². The molecule has 7 nitrogen and oxygen atoms in total. The van der Waals surface area contributed by atoms with E-state index in [-0.39, 0.29) is 29.6 Å². The molecule has 3 fully saturated rings. The standard InChI is InChI=1S/C29H39N5O2/c1-22-12-13-25(18-30-22)31-26(35)20-33-21-28(34(27(33)36)19-23-8-7-9-23)14-16-29(17-15-28,32(2)3)24-10-5-4-6-11-24/h4-6,10-13,18,23H,7-9,14-17,19-21H2,1-3H3,(H,31,35). The summed E-state index contributed by atoms with van der Waals surface area (Å²) in [6.07, 6.45) is 9.19. The number of benzene rings is 1. The molecule has 1 aromatic heterocycles. The third-order valence-corrected chi connectivity index (χ3v) is 8.93. The Morgan fingerprint density at radius 2 is 1.81 bits per heavy atom. The monoisotopic (exact) mass is 489 g/mol. The fraction of sp³-hybridized carbons (Fsp3) is 0.552. The second kappa shape index (κ2) is 9.85. The van der Waals surface area contributed by atoms with E-state index in [4.69, 9.17) is 0 Å². The summed E-state index contributed by atoms with van der Waals surface area (Å²) in [7, 11) is 4.35. The smallest absolute Gasteiger partial charge is 0.321 e. The number of hydrogen-bond donors (Lipinski definition) is 1. The fourth-order valence-electron chi connectivity index (χ4n) is 6.43. The maximum Gasteiger partial charge on any atom is 0.321 e. The largest absolute Gasteiger partial charge is 0.323 e. The van der Waals surface area contributed by atoms with Crippen LogP contribution in [0.15, 0.2) is 48.7 Å². The molecule has 0 atom stereocenters. The van der Waals surface area contributed by atoms with Gasteiger partial charge in [-0.2, -0.15) is 0 Å². The second-order valence-electron chi connectivity index (χ2n) is 11.3. The molecule has 7 heteroatoms. The van der Waals surface area contributed by atoms with Crippen LogP contribution in [0.3, 0.4) is 0 Å². The number of amides is 3. The molecule has 0 bridgehead atoms. The summed E-state index contributed by atoms with van der Waals surface area (Å²) in [5.41, 5.74) is 2.68. The lowest BCUT2D eigenvalue weighted by Crippen LogP contribution is -2.56. The molecule has 1 spiro atoms. The number of carbonyl (C=O) groups is 2. The van der Waals surface area contributed by atoms with Gasteiger partial charge in [-0.15, -0.1) is 0 Å². The molecule has 3 amide bonds. The molecule has 0 radical (unpaired) electrons. The Bertz CT molecular complexity index is 1070. The quantitative estimate of drug-likeness (QED) is 0.615. The van der Waals surface area contributed by atoms with Crippen molar-refractivity contribution in [1.29, 1.82) is 0 Å². The number of rotatable bonds is 7. The fourth-order valence-corrected chi connectivity index (χ4v) is 6.43. The minimum Gasteiger partial charge on any atom is -0.323 e. The number of nitrogens with one attached hydrogen (secondary N) is 1. The number of carbonyl (C=O) groups excluding carboxylic acids is 2. The molecule has 192 valence electrons. The van der Waals surface area contributed by atoms with Gasteiger partial charge in [-0.1, -0.05) is 36.8 Å². The van der Waals surface area contributed by atoms with Crippen LogP contribution < -0.4 is 5.32 Å². The van der Waals surface area contributed by atoms with Crippen LogP contribution in [-0.4, -0.2) is 70.9 Å². The summed E-state index contributed by atoms with van der Waals surface area (Å²) in [6, 6.07) is 14.5. The van der Waals surface area contributed by atoms with Crippen molar-refractivity contribution in [2.75, 3.05) is 39.0 Å². The normalized spacial score (nSPS) is 26.5. The first-order valence-electron chi connectivity index (χ1n) is 13.3. The molecule has 2 saturated carbocycles. The van der Waals surface area contributed by atoms with Gasteiger partial charge in [0.2, 0.25) is 5.91 Å². The number of urea groups is 1. The van der Waals surface area contributed by atoms with Crippen LogP contribution in [0.5, 0.6) is 0 Å². The summed E-state index contributed by atoms with van der Waals surface area (Å²) in [6.45, 7) is 3.43. The highest BCUT2D eigenvalue weighted by atomic mass is 16.2. The Labute approximate surface area is 214 Å². The zero-order chi connectivity index (χ0) is 25.3. The summed E-state index contributed by atoms with van der Waals surface area (Å²) in [4.78, 5) is 37.1. The Morgan fingerprint density at radius 1 is 1.08 bits per heavy atom. The Hall–Kier alpha value is -2.93. The molecular weight excluding hydrogens is 450 g/mol. The Kier molecular flexibility index (Phi) is 6.77. The van der Waals surface area contributed by atoms with Crippen LogP contribution in [0, 0.1) is 12.8 Å². The van der Waals surface area contributed by atoms with E-state index in [1.165, 1.54) is 24.8 Å². The first kappa shape index (κ1) is 24.8. The first-order valence-corrected chi connectivity index (χ1v) is 13.3. The Morgan fingerprint density at radius 3 is 2.39 bits per heavy atom. The van der Waals surface area contributed by atoms with Crippen molar-refractivity contribution in [3.63, 3.8) is 0 Å². The van der Waals surface area contributed by atoms with Gasteiger partial charge in [0, 0.05) is 24.3 Å². The lowest BCUT2D eigenvalue weighted by Gasteiger charge is -2.51. The van der Waals surface area contributed by atoms with E-state index < -0.39 is 0 Å². The molecule has 1 aliphatic heterocycles. The predicted molar refractivity (Wildman–Crippen MR) is 142 cm³/mol. The summed E-state index contributed by atoms with van der Waals surface area (Å²) in [5.74, 6) is 0.422. The van der Waals surface area contributed by atoms with Crippen LogP contribution >= 0.6 is 0 Å². The summed E-state index contributed by atoms with van der Waals surface area (Å²) >= 11 is 0. The lowest BCUT2D eigenvalue weighted by molar-refractivity contribution is -0.116. The third kappa shape index (κ3) is 4.61. The van der Waals surface area contributed by atoms with Gasteiger partial charge in [-0.3, -0.25) is 14.7 Å². The van der Waals surface area contributed by atoms with Crippen LogP contribution in [0.2, 0.25) is 0 Å². The third-order valence-electron chi connectivity index (χ3n) is 8.93. The van der Waals surface area contributed by atoms with Gasteiger partial charge < -0.3 is 15.1 Å². The van der Waals surface area contributed by atoms with E-state index >= 15 is 0 Å². The van der Waals surface area contributed by atoms with Crippen molar-refractivity contribution in [2.45, 2.75) is 62.9 Å². The molecule has 1 N–H and O–H groups in total. The molecule has 1 aromatic carbocycles. The maximum absolute atomic E-state index is 13.7. The van der Waals surface area contributed by atoms with E-state index in [9.17, 15) is 9.59 Å². The minimum absolute atomic E-state index is 0.0242. The van der Waals surface area contributed by atoms with E-state index in [2.05, 4.69) is 64.5 Å². The number of nitrogens with zero attached hydrogens (tertiary/aromatic N) is 4. The van der Waals surface area contributed by atoms with Gasteiger partial charge in [0.1, 0.15) is 6.54 Å². The van der Waals surface area contributed by atoms with Gasteiger partial charge in [0.25, 0.3) is 0 Å². The molecule has 0 unspecified atom stereocenters. The van der Waals surface area contributed by atoms with Gasteiger partial charge in [-0.25, -0.2) is 4.79 Å². The summed E-state index contributed by atoms with van der Waals surface area (Å²) in [5, 5.41) is 2.91. The average molecular weight is 490 g/mol. The van der Waals surface area contributed by atoms with E-state index in [1.807, 2.05) is 19.1 Å². The Balaban J connectivity index is 1.33. The van der Waals surface area contributed by atoms with Crippen LogP contribution in [0.1, 0.15) is 56.2 Å². The lowest BCUT2D eigenvalue weighted by atomic mass is 9.68. The highest BCUT2D eigenvalue weighted by molar-refractivity contribution is 5.94. The van der Waals surface area contributed by atoms with E-state index in [0.29, 0.717) is 18.2 Å². The molecule has 2 aliphatic carbocycles. The van der Waals surface area contributed by atoms with Crippen molar-refractivity contribution in [2.24, 2.45) is 5.92 Å². The van der Waals surface area contributed by atoms with Gasteiger partial charge >= 0.3 is 6.03 Å². The van der Waals surface area contributed by atoms with Crippen molar-refractivity contribution in [1.82, 2.24) is 19.7 Å². The van der Waals surface area contributed by atoms with Crippen molar-refractivity contribution in [3.05, 3.63) is 59.9 Å². The minimum atomic E-state index is -0.202. The van der Waals surface area contributed by atoms with Crippen LogP contribution in [0.4, 0.5) is 10.5 Å². The topological polar surface area (TPSA) is 68.8 Å². The molecule has 5 rings (SSSR count). The SMILES string of the molecule is Cc1ccc(NC(=O)CN2CC3(CCC(c4ccccc4)(N(C)C)CC3)N(CC3CCC3)C2=O)cn1. The van der Waals surface area contributed by atoms with E-state index in [0.717, 1.165) is 37.9 Å². The zero-order valence-corrected chi connectivity index (χ0v) is 21.9. The molecule has 2 aromatic rings. The average Bonchev–Trinajstić information content (AvgIpc) is 3.08. The molecule has 1 saturated heterocycles. The highest BCUT2D eigenvalue weighted by Crippen LogP contribution is 2.49. The predicted octanol–water partition coefficient (Wildman–Crippen LogP) is 4.64. The molecule has 3 aliphatic rings. The van der Waals surface area contributed by atoms with Gasteiger partial charge in [0.15, 0.2) is 0 Å². The molecule has 36 heavy (non-hydrogen) atoms. The first-order chi connectivity index (χ1) is 17.3. The number of hydrogen-bond acceptors (Lipinski definition) is 4. The second-order valence-corrected chi connectivity index (χ2v) is 11.3. The number of aryl methyl sites for hydroxylation is 1. The molecular formula is C29H39N5O2. The maximum atomic E-state index is 13.7. The van der Waals surface area contributed by atoms with Crippen molar-refractivity contribution < 1.29 is 9.59 Å². The highest BCUT2D eigenvalue weighted by Gasteiger charge is 2.55. The number of pyridine rings is 1. The van der Waals surface area contributed by atoms with Gasteiger partial charge in [-0.05, 0) is 83.2 Å². The zero-order valence-electron chi connectivity index (χ0n) is 21.9. The van der Waals surface area contributed by atoms with Crippen molar-refractivity contribution in [3.8, 4) is 0 Å². The van der Waals surface area contributed by atoms with Crippen molar-refractivity contribution >= 4 is 17.6 Å². The van der Waals surface area contributed by atoms with Gasteiger partial charge in [0.05, 0.1) is 17.4 Å².